The molecule has 0 aromatic heterocycles. The van der Waals surface area contributed by atoms with Gasteiger partial charge >= 0.3 is 0 Å². The number of amides is 1. The number of nitrogens with one attached hydrogen (secondary N) is 2. The molecule has 0 atom stereocenters. The van der Waals surface area contributed by atoms with Crippen LogP contribution >= 0.6 is 12.4 Å². The monoisotopic (exact) mass is 333 g/mol. The molecule has 0 saturated carbocycles. The van der Waals surface area contributed by atoms with Gasteiger partial charge in [0.15, 0.2) is 15.8 Å². The second-order valence-corrected chi connectivity index (χ2v) is 7.59. The molecule has 21 heavy (non-hydrogen) atoms. The molecule has 1 rings (SSSR count). The fourth-order valence-electron chi connectivity index (χ4n) is 1.78. The molecule has 8 heteroatoms. The van der Waals surface area contributed by atoms with E-state index in [2.05, 4.69) is 5.32 Å². The fraction of sp³-hybridized carbons (Fsp3) is 0.385. The van der Waals surface area contributed by atoms with Gasteiger partial charge in [-0.15, -0.1) is 12.4 Å². The molecule has 0 spiro atoms. The highest BCUT2D eigenvalue weighted by molar-refractivity contribution is 7.90. The van der Waals surface area contributed by atoms with Gasteiger partial charge in [-0.3, -0.25) is 15.5 Å². The molecule has 0 aliphatic carbocycles. The van der Waals surface area contributed by atoms with Crippen LogP contribution in [0.25, 0.3) is 0 Å². The lowest BCUT2D eigenvalue weighted by Crippen LogP contribution is -2.35. The summed E-state index contributed by atoms with van der Waals surface area (Å²) in [5.74, 6) is -1.10. The maximum absolute atomic E-state index is 11.9. The number of hydrogen-bond donors (Lipinski definition) is 3. The van der Waals surface area contributed by atoms with Crippen molar-refractivity contribution >= 4 is 34.1 Å². The minimum absolute atomic E-state index is 0. The maximum atomic E-state index is 11.9. The molecule has 4 N–H and O–H groups in total. The van der Waals surface area contributed by atoms with Gasteiger partial charge in [0.1, 0.15) is 0 Å². The van der Waals surface area contributed by atoms with E-state index in [9.17, 15) is 13.2 Å². The van der Waals surface area contributed by atoms with Gasteiger partial charge in [0, 0.05) is 11.8 Å². The van der Waals surface area contributed by atoms with E-state index in [1.807, 2.05) is 20.8 Å². The number of rotatable bonds is 2. The Kier molecular flexibility index (Phi) is 5.95. The summed E-state index contributed by atoms with van der Waals surface area (Å²) in [5.41, 5.74) is 5.50. The predicted octanol–water partition coefficient (Wildman–Crippen LogP) is 1.43. The molecule has 1 aromatic carbocycles. The van der Waals surface area contributed by atoms with Crippen molar-refractivity contribution in [2.75, 3.05) is 6.26 Å². The Hall–Kier alpha value is -1.60. The maximum Gasteiger partial charge on any atom is 0.257 e. The molecule has 1 aromatic rings. The molecule has 1 amide bonds. The van der Waals surface area contributed by atoms with E-state index in [0.717, 1.165) is 6.26 Å². The molecule has 0 unspecified atom stereocenters. The number of sulfone groups is 1. The largest absolute Gasteiger partial charge is 0.370 e. The zero-order chi connectivity index (χ0) is 15.7. The number of nitrogens with two attached hydrogens (primary N) is 1. The summed E-state index contributed by atoms with van der Waals surface area (Å²) in [6, 6.07) is 4.45. The normalized spacial score (nSPS) is 11.4. The van der Waals surface area contributed by atoms with Crippen LogP contribution in [0.2, 0.25) is 0 Å². The van der Waals surface area contributed by atoms with Crippen molar-refractivity contribution in [1.29, 1.82) is 5.41 Å². The second kappa shape index (κ2) is 6.44. The van der Waals surface area contributed by atoms with E-state index in [0.29, 0.717) is 5.56 Å². The Balaban J connectivity index is 0.00000400. The minimum Gasteiger partial charge on any atom is -0.370 e. The fourth-order valence-corrected chi connectivity index (χ4v) is 2.90. The summed E-state index contributed by atoms with van der Waals surface area (Å²) in [5, 5.41) is 9.14. The molecule has 0 aliphatic rings. The smallest absolute Gasteiger partial charge is 0.257 e. The first kappa shape index (κ1) is 19.4. The summed E-state index contributed by atoms with van der Waals surface area (Å²) in [6.07, 6.45) is 1.10. The average Bonchev–Trinajstić information content (AvgIpc) is 2.24. The first-order valence-corrected chi connectivity index (χ1v) is 7.82. The van der Waals surface area contributed by atoms with Gasteiger partial charge in [0.2, 0.25) is 0 Å². The first-order chi connectivity index (χ1) is 8.93. The van der Waals surface area contributed by atoms with E-state index in [1.165, 1.54) is 12.1 Å². The molecular formula is C13H20ClN3O3S. The van der Waals surface area contributed by atoms with Crippen LogP contribution < -0.4 is 11.1 Å². The van der Waals surface area contributed by atoms with Crippen molar-refractivity contribution in [3.05, 3.63) is 29.3 Å². The highest BCUT2D eigenvalue weighted by Crippen LogP contribution is 2.29. The van der Waals surface area contributed by atoms with E-state index in [4.69, 9.17) is 11.1 Å². The predicted molar refractivity (Wildman–Crippen MR) is 84.9 cm³/mol. The lowest BCUT2D eigenvalue weighted by atomic mass is 9.86. The van der Waals surface area contributed by atoms with E-state index >= 15 is 0 Å². The molecule has 0 saturated heterocycles. The van der Waals surface area contributed by atoms with Crippen LogP contribution in [0.5, 0.6) is 0 Å². The Morgan fingerprint density at radius 1 is 1.29 bits per heavy atom. The summed E-state index contributed by atoms with van der Waals surface area (Å²) < 4.78 is 23.8. The Bertz CT molecular complexity index is 664. The number of carbonyl (C=O) groups excluding carboxylic acids is 1. The van der Waals surface area contributed by atoms with Crippen LogP contribution in [-0.4, -0.2) is 26.5 Å². The molecule has 0 radical (unpaired) electrons. The van der Waals surface area contributed by atoms with E-state index in [-0.39, 0.29) is 28.3 Å². The van der Waals surface area contributed by atoms with Crippen molar-refractivity contribution in [1.82, 2.24) is 5.32 Å². The number of halogens is 1. The Labute approximate surface area is 131 Å². The number of hydrogen-bond acceptors (Lipinski definition) is 4. The molecule has 118 valence electrons. The van der Waals surface area contributed by atoms with Gasteiger partial charge in [-0.05, 0) is 23.1 Å². The molecule has 0 bridgehead atoms. The third kappa shape index (κ3) is 5.02. The van der Waals surface area contributed by atoms with Crippen molar-refractivity contribution < 1.29 is 13.2 Å². The van der Waals surface area contributed by atoms with Gasteiger partial charge in [-0.2, -0.15) is 0 Å². The van der Waals surface area contributed by atoms with Crippen molar-refractivity contribution in [2.45, 2.75) is 31.1 Å². The third-order valence-corrected chi connectivity index (χ3v) is 3.84. The first-order valence-electron chi connectivity index (χ1n) is 5.93. The lowest BCUT2D eigenvalue weighted by molar-refractivity contribution is 0.0976. The molecule has 6 nitrogen and oxygen atoms in total. The topological polar surface area (TPSA) is 113 Å². The van der Waals surface area contributed by atoms with Gasteiger partial charge in [0.25, 0.3) is 5.91 Å². The van der Waals surface area contributed by atoms with E-state index in [1.54, 1.807) is 6.07 Å². The minimum atomic E-state index is -3.47. The summed E-state index contributed by atoms with van der Waals surface area (Å²) in [7, 11) is -3.47. The number of guanidine groups is 1. The average molecular weight is 334 g/mol. The molecule has 0 aliphatic heterocycles. The molecular weight excluding hydrogens is 314 g/mol. The van der Waals surface area contributed by atoms with Crippen LogP contribution in [0.1, 0.15) is 36.7 Å². The van der Waals surface area contributed by atoms with Crippen molar-refractivity contribution in [3.63, 3.8) is 0 Å². The van der Waals surface area contributed by atoms with Crippen molar-refractivity contribution in [2.24, 2.45) is 5.73 Å². The molecule has 0 heterocycles. The SMILES string of the molecule is CC(C)(C)c1ccc(C(=O)NC(=N)N)cc1S(C)(=O)=O.Cl. The summed E-state index contributed by atoms with van der Waals surface area (Å²) in [4.78, 5) is 11.9. The van der Waals surface area contributed by atoms with Crippen LogP contribution in [-0.2, 0) is 15.3 Å². The zero-order valence-electron chi connectivity index (χ0n) is 12.4. The van der Waals surface area contributed by atoms with Gasteiger partial charge in [0.05, 0.1) is 4.90 Å². The van der Waals surface area contributed by atoms with Crippen LogP contribution in [0.15, 0.2) is 23.1 Å². The van der Waals surface area contributed by atoms with Crippen molar-refractivity contribution in [3.8, 4) is 0 Å². The van der Waals surface area contributed by atoms with Gasteiger partial charge < -0.3 is 5.73 Å². The van der Waals surface area contributed by atoms with Gasteiger partial charge in [-0.25, -0.2) is 8.42 Å². The zero-order valence-corrected chi connectivity index (χ0v) is 14.0. The quantitative estimate of drug-likeness (QED) is 0.561. The highest BCUT2D eigenvalue weighted by atomic mass is 35.5. The number of carbonyl (C=O) groups is 1. The summed E-state index contributed by atoms with van der Waals surface area (Å²) in [6.45, 7) is 5.69. The standard InChI is InChI=1S/C13H19N3O3S.ClH/c1-13(2,3)9-6-5-8(11(17)16-12(14)15)7-10(9)20(4,18)19;/h5-7H,1-4H3,(H4,14,15,16,17);1H. The van der Waals surface area contributed by atoms with Crippen LogP contribution in [0.3, 0.4) is 0 Å². The lowest BCUT2D eigenvalue weighted by Gasteiger charge is -2.22. The van der Waals surface area contributed by atoms with Crippen LogP contribution in [0, 0.1) is 5.41 Å². The Morgan fingerprint density at radius 3 is 2.19 bits per heavy atom. The van der Waals surface area contributed by atoms with E-state index < -0.39 is 21.7 Å². The number of benzene rings is 1. The van der Waals surface area contributed by atoms with Crippen LogP contribution in [0.4, 0.5) is 0 Å². The third-order valence-electron chi connectivity index (χ3n) is 2.70. The van der Waals surface area contributed by atoms with Gasteiger partial charge in [-0.1, -0.05) is 26.8 Å². The highest BCUT2D eigenvalue weighted by Gasteiger charge is 2.24. The Morgan fingerprint density at radius 2 is 1.81 bits per heavy atom. The second-order valence-electron chi connectivity index (χ2n) is 5.60. The molecule has 0 fully saturated rings. The summed E-state index contributed by atoms with van der Waals surface area (Å²) >= 11 is 0.